The van der Waals surface area contributed by atoms with Crippen LogP contribution in [-0.4, -0.2) is 18.3 Å². The summed E-state index contributed by atoms with van der Waals surface area (Å²) < 4.78 is 19.9. The van der Waals surface area contributed by atoms with Gasteiger partial charge >= 0.3 is 0 Å². The first kappa shape index (κ1) is 15.8. The van der Waals surface area contributed by atoms with E-state index in [9.17, 15) is 4.21 Å². The Hall–Kier alpha value is -2.73. The molecule has 1 aromatic carbocycles. The Morgan fingerprint density at radius 3 is 2.56 bits per heavy atom. The fourth-order valence-electron chi connectivity index (χ4n) is 3.04. The predicted molar refractivity (Wildman–Crippen MR) is 97.7 cm³/mol. The van der Waals surface area contributed by atoms with Crippen LogP contribution in [0.1, 0.15) is 17.0 Å². The standard InChI is InChI=1S/C19H17N3O2S/c1-12-11-22(25(23)16-7-5-4-6-8-16)19-17(12)9-15(10-20-19)18-13(2)21-24-14(18)3/h4-11H,1-3H3. The first-order valence-corrected chi connectivity index (χ1v) is 9.05. The third-order valence-corrected chi connectivity index (χ3v) is 5.57. The van der Waals surface area contributed by atoms with Crippen molar-refractivity contribution in [1.82, 2.24) is 14.1 Å². The molecular weight excluding hydrogens is 334 g/mol. The summed E-state index contributed by atoms with van der Waals surface area (Å²) >= 11 is 0. The van der Waals surface area contributed by atoms with E-state index < -0.39 is 11.0 Å². The number of benzene rings is 1. The maximum atomic E-state index is 12.9. The molecule has 1 atom stereocenters. The normalized spacial score (nSPS) is 12.6. The zero-order valence-electron chi connectivity index (χ0n) is 14.2. The van der Waals surface area contributed by atoms with Gasteiger partial charge in [-0.25, -0.2) is 13.2 Å². The second-order valence-corrected chi connectivity index (χ2v) is 7.36. The molecule has 0 radical (unpaired) electrons. The highest BCUT2D eigenvalue weighted by molar-refractivity contribution is 7.83. The first-order valence-electron chi connectivity index (χ1n) is 7.94. The van der Waals surface area contributed by atoms with Crippen LogP contribution in [0.3, 0.4) is 0 Å². The fraction of sp³-hybridized carbons (Fsp3) is 0.158. The fourth-order valence-corrected chi connectivity index (χ4v) is 4.21. The van der Waals surface area contributed by atoms with Crippen molar-refractivity contribution in [3.8, 4) is 11.1 Å². The summed E-state index contributed by atoms with van der Waals surface area (Å²) in [5, 5.41) is 4.99. The largest absolute Gasteiger partial charge is 0.361 e. The van der Waals surface area contributed by atoms with E-state index in [4.69, 9.17) is 4.52 Å². The Balaban J connectivity index is 1.86. The van der Waals surface area contributed by atoms with Crippen molar-refractivity contribution < 1.29 is 8.73 Å². The van der Waals surface area contributed by atoms with Crippen LogP contribution in [-0.2, 0) is 11.0 Å². The molecule has 4 aromatic rings. The average Bonchev–Trinajstić information content (AvgIpc) is 3.14. The number of nitrogens with zero attached hydrogens (tertiary/aromatic N) is 3. The molecule has 0 saturated carbocycles. The molecule has 25 heavy (non-hydrogen) atoms. The molecule has 0 spiro atoms. The number of fused-ring (bicyclic) bond motifs is 1. The van der Waals surface area contributed by atoms with Gasteiger partial charge in [-0.3, -0.25) is 0 Å². The number of pyridine rings is 1. The number of aromatic nitrogens is 3. The third-order valence-electron chi connectivity index (χ3n) is 4.26. The Morgan fingerprint density at radius 2 is 1.88 bits per heavy atom. The third kappa shape index (κ3) is 2.59. The molecule has 0 bridgehead atoms. The summed E-state index contributed by atoms with van der Waals surface area (Å²) in [6.07, 6.45) is 3.67. The Morgan fingerprint density at radius 1 is 1.12 bits per heavy atom. The van der Waals surface area contributed by atoms with E-state index in [1.165, 1.54) is 0 Å². The van der Waals surface area contributed by atoms with E-state index in [0.717, 1.165) is 38.4 Å². The second kappa shape index (κ2) is 5.97. The van der Waals surface area contributed by atoms with Crippen molar-refractivity contribution >= 4 is 22.0 Å². The average molecular weight is 351 g/mol. The molecule has 6 heteroatoms. The molecule has 0 amide bonds. The monoisotopic (exact) mass is 351 g/mol. The summed E-state index contributed by atoms with van der Waals surface area (Å²) in [5.41, 5.74) is 4.49. The van der Waals surface area contributed by atoms with Crippen molar-refractivity contribution in [3.63, 3.8) is 0 Å². The molecule has 0 N–H and O–H groups in total. The SMILES string of the molecule is Cc1noc(C)c1-c1cnc2c(c1)c(C)cn2S(=O)c1ccccc1. The quantitative estimate of drug-likeness (QED) is 0.555. The summed E-state index contributed by atoms with van der Waals surface area (Å²) in [6, 6.07) is 11.4. The van der Waals surface area contributed by atoms with E-state index in [2.05, 4.69) is 16.2 Å². The lowest BCUT2D eigenvalue weighted by Gasteiger charge is -2.05. The van der Waals surface area contributed by atoms with Crippen LogP contribution in [0.15, 0.2) is 58.2 Å². The predicted octanol–water partition coefficient (Wildman–Crippen LogP) is 4.19. The summed E-state index contributed by atoms with van der Waals surface area (Å²) in [4.78, 5) is 5.33. The van der Waals surface area contributed by atoms with Gasteiger partial charge in [0.15, 0.2) is 16.6 Å². The van der Waals surface area contributed by atoms with Crippen molar-refractivity contribution in [2.24, 2.45) is 0 Å². The highest BCUT2D eigenvalue weighted by Gasteiger charge is 2.17. The van der Waals surface area contributed by atoms with Gasteiger partial charge in [-0.15, -0.1) is 0 Å². The van der Waals surface area contributed by atoms with Crippen LogP contribution < -0.4 is 0 Å². The maximum Gasteiger partial charge on any atom is 0.158 e. The Kier molecular flexibility index (Phi) is 3.77. The number of rotatable bonds is 3. The van der Waals surface area contributed by atoms with Crippen LogP contribution in [0, 0.1) is 20.8 Å². The minimum atomic E-state index is -1.33. The van der Waals surface area contributed by atoms with Crippen LogP contribution in [0.25, 0.3) is 22.2 Å². The van der Waals surface area contributed by atoms with Crippen LogP contribution in [0.5, 0.6) is 0 Å². The van der Waals surface area contributed by atoms with Crippen LogP contribution >= 0.6 is 0 Å². The molecule has 3 heterocycles. The van der Waals surface area contributed by atoms with E-state index in [-0.39, 0.29) is 0 Å². The molecular formula is C19H17N3O2S. The van der Waals surface area contributed by atoms with Crippen molar-refractivity contribution in [3.05, 3.63) is 65.8 Å². The second-order valence-electron chi connectivity index (χ2n) is 5.99. The molecule has 0 aliphatic carbocycles. The van der Waals surface area contributed by atoms with Crippen molar-refractivity contribution in [2.45, 2.75) is 25.7 Å². The molecule has 0 aliphatic heterocycles. The molecule has 126 valence electrons. The van der Waals surface area contributed by atoms with Gasteiger partial charge in [0.05, 0.1) is 10.6 Å². The van der Waals surface area contributed by atoms with E-state index in [0.29, 0.717) is 5.65 Å². The van der Waals surface area contributed by atoms with Crippen molar-refractivity contribution in [2.75, 3.05) is 0 Å². The zero-order chi connectivity index (χ0) is 17.6. The van der Waals surface area contributed by atoms with Gasteiger partial charge in [0.1, 0.15) is 5.76 Å². The summed E-state index contributed by atoms with van der Waals surface area (Å²) in [7, 11) is -1.33. The van der Waals surface area contributed by atoms with Gasteiger partial charge in [0.2, 0.25) is 0 Å². The lowest BCUT2D eigenvalue weighted by atomic mass is 10.0. The smallest absolute Gasteiger partial charge is 0.158 e. The van der Waals surface area contributed by atoms with Gasteiger partial charge < -0.3 is 4.52 Å². The zero-order valence-corrected chi connectivity index (χ0v) is 15.0. The molecule has 0 saturated heterocycles. The number of hydrogen-bond acceptors (Lipinski definition) is 4. The van der Waals surface area contributed by atoms with Crippen LogP contribution in [0.4, 0.5) is 0 Å². The molecule has 0 fully saturated rings. The molecule has 3 aromatic heterocycles. The lowest BCUT2D eigenvalue weighted by molar-refractivity contribution is 0.393. The van der Waals surface area contributed by atoms with Gasteiger partial charge in [-0.2, -0.15) is 0 Å². The summed E-state index contributed by atoms with van der Waals surface area (Å²) in [5.74, 6) is 0.767. The number of hydrogen-bond donors (Lipinski definition) is 0. The topological polar surface area (TPSA) is 60.9 Å². The van der Waals surface area contributed by atoms with E-state index >= 15 is 0 Å². The van der Waals surface area contributed by atoms with E-state index in [1.807, 2.05) is 57.3 Å². The van der Waals surface area contributed by atoms with Gasteiger partial charge in [-0.05, 0) is 44.5 Å². The lowest BCUT2D eigenvalue weighted by Crippen LogP contribution is -2.04. The van der Waals surface area contributed by atoms with Crippen molar-refractivity contribution in [1.29, 1.82) is 0 Å². The molecule has 5 nitrogen and oxygen atoms in total. The molecule has 0 aliphatic rings. The highest BCUT2D eigenvalue weighted by atomic mass is 32.2. The highest BCUT2D eigenvalue weighted by Crippen LogP contribution is 2.30. The molecule has 4 rings (SSSR count). The summed E-state index contributed by atoms with van der Waals surface area (Å²) in [6.45, 7) is 5.81. The van der Waals surface area contributed by atoms with Crippen LogP contribution in [0.2, 0.25) is 0 Å². The minimum absolute atomic E-state index is 0.704. The minimum Gasteiger partial charge on any atom is -0.361 e. The van der Waals surface area contributed by atoms with E-state index in [1.54, 1.807) is 10.2 Å². The van der Waals surface area contributed by atoms with Gasteiger partial charge in [0, 0.05) is 28.9 Å². The Labute approximate surface area is 147 Å². The van der Waals surface area contributed by atoms with Gasteiger partial charge in [0.25, 0.3) is 0 Å². The maximum absolute atomic E-state index is 12.9. The molecule has 1 unspecified atom stereocenters. The van der Waals surface area contributed by atoms with Gasteiger partial charge in [-0.1, -0.05) is 23.4 Å². The Bertz CT molecular complexity index is 1080. The number of aryl methyl sites for hydroxylation is 3. The first-order chi connectivity index (χ1) is 12.1.